The Kier molecular flexibility index (Phi) is 10.0. The molecule has 1 N–H and O–H groups in total. The molecule has 0 radical (unpaired) electrons. The number of fused-ring (bicyclic) bond motifs is 1. The Labute approximate surface area is 231 Å². The Bertz CT molecular complexity index is 1210. The van der Waals surface area contributed by atoms with Crippen molar-refractivity contribution in [2.75, 3.05) is 19.6 Å². The highest BCUT2D eigenvalue weighted by Crippen LogP contribution is 2.28. The molecule has 5 rings (SSSR count). The molecule has 2 aliphatic rings. The van der Waals surface area contributed by atoms with Crippen LogP contribution in [0.5, 0.6) is 0 Å². The summed E-state index contributed by atoms with van der Waals surface area (Å²) >= 11 is 0. The molecule has 1 aromatic heterocycles. The zero-order valence-electron chi connectivity index (χ0n) is 21.7. The van der Waals surface area contributed by atoms with Crippen molar-refractivity contribution in [1.29, 1.82) is 0 Å². The van der Waals surface area contributed by atoms with E-state index in [0.29, 0.717) is 0 Å². The molecule has 5 nitrogen and oxygen atoms in total. The van der Waals surface area contributed by atoms with Gasteiger partial charge < -0.3 is 10.2 Å². The second-order valence-corrected chi connectivity index (χ2v) is 10.3. The third kappa shape index (κ3) is 7.71. The maximum atomic E-state index is 13.0. The van der Waals surface area contributed by atoms with Gasteiger partial charge in [-0.05, 0) is 98.4 Å². The molecule has 200 valence electrons. The number of nitrogens with one attached hydrogen (secondary N) is 1. The zero-order valence-corrected chi connectivity index (χ0v) is 22.5. The Morgan fingerprint density at radius 2 is 1.76 bits per heavy atom. The number of carbonyl (C=O) groups is 1. The average molecular weight is 535 g/mol. The molecule has 0 atom stereocenters. The minimum absolute atomic E-state index is 0. The van der Waals surface area contributed by atoms with Gasteiger partial charge in [0.25, 0.3) is 0 Å². The molecular formula is C31H36ClFN4O. The molecule has 1 amide bonds. The lowest BCUT2D eigenvalue weighted by atomic mass is 9.84. The molecule has 1 saturated carbocycles. The van der Waals surface area contributed by atoms with Crippen LogP contribution in [0.1, 0.15) is 48.8 Å². The topological polar surface area (TPSA) is 58.1 Å². The number of hydrogen-bond donors (Lipinski definition) is 1. The molecule has 0 bridgehead atoms. The predicted molar refractivity (Wildman–Crippen MR) is 153 cm³/mol. The van der Waals surface area contributed by atoms with Gasteiger partial charge in [0.2, 0.25) is 5.91 Å². The summed E-state index contributed by atoms with van der Waals surface area (Å²) in [5, 5.41) is 3.14. The highest BCUT2D eigenvalue weighted by Gasteiger charge is 2.23. The minimum atomic E-state index is -0.271. The Morgan fingerprint density at radius 1 is 1.00 bits per heavy atom. The second kappa shape index (κ2) is 13.6. The second-order valence-electron chi connectivity index (χ2n) is 10.3. The molecule has 0 saturated heterocycles. The highest BCUT2D eigenvalue weighted by molar-refractivity contribution is 5.91. The number of halogens is 2. The van der Waals surface area contributed by atoms with Crippen LogP contribution in [0.2, 0.25) is 0 Å². The average Bonchev–Trinajstić information content (AvgIpc) is 3.15. The van der Waals surface area contributed by atoms with Crippen LogP contribution >= 0.6 is 12.4 Å². The molecule has 3 aromatic rings. The molecular weight excluding hydrogens is 499 g/mol. The Balaban J connectivity index is 0.00000336. The number of amides is 1. The first-order valence-electron chi connectivity index (χ1n) is 13.5. The first-order valence-corrected chi connectivity index (χ1v) is 13.5. The Morgan fingerprint density at radius 3 is 2.50 bits per heavy atom. The molecule has 0 unspecified atom stereocenters. The summed E-state index contributed by atoms with van der Waals surface area (Å²) in [6, 6.07) is 13.1. The first kappa shape index (κ1) is 27.9. The monoisotopic (exact) mass is 534 g/mol. The van der Waals surface area contributed by atoms with Crippen LogP contribution in [0, 0.1) is 11.7 Å². The third-order valence-corrected chi connectivity index (χ3v) is 7.80. The van der Waals surface area contributed by atoms with Gasteiger partial charge in [-0.2, -0.15) is 0 Å². The maximum Gasteiger partial charge on any atom is 0.244 e. The lowest BCUT2D eigenvalue weighted by Crippen LogP contribution is -2.37. The number of aromatic nitrogens is 2. The quantitative estimate of drug-likeness (QED) is 0.384. The predicted octanol–water partition coefficient (Wildman–Crippen LogP) is 5.88. The van der Waals surface area contributed by atoms with Crippen molar-refractivity contribution in [2.45, 2.75) is 51.0 Å². The Hall–Kier alpha value is -3.09. The normalized spacial score (nSPS) is 19.8. The van der Waals surface area contributed by atoms with Crippen LogP contribution in [0.3, 0.4) is 0 Å². The van der Waals surface area contributed by atoms with Crippen molar-refractivity contribution >= 4 is 24.4 Å². The lowest BCUT2D eigenvalue weighted by Gasteiger charge is -2.30. The van der Waals surface area contributed by atoms with Gasteiger partial charge in [-0.1, -0.05) is 24.3 Å². The summed E-state index contributed by atoms with van der Waals surface area (Å²) in [5.41, 5.74) is 5.80. The van der Waals surface area contributed by atoms with Crippen molar-refractivity contribution in [2.24, 2.45) is 5.92 Å². The van der Waals surface area contributed by atoms with Gasteiger partial charge in [0.1, 0.15) is 5.82 Å². The molecule has 1 aliphatic carbocycles. The van der Waals surface area contributed by atoms with E-state index < -0.39 is 0 Å². The van der Waals surface area contributed by atoms with Crippen LogP contribution in [0.4, 0.5) is 4.39 Å². The minimum Gasteiger partial charge on any atom is -0.350 e. The SMILES string of the molecule is Cl.O=C(C=Cc1ccc(F)cc1)NC1CCC(CCN2CCc3ccc(-c4cnccn4)cc3CC2)CC1. The zero-order chi connectivity index (χ0) is 25.5. The highest BCUT2D eigenvalue weighted by atomic mass is 35.5. The van der Waals surface area contributed by atoms with Gasteiger partial charge in [-0.15, -0.1) is 12.4 Å². The number of nitrogens with zero attached hydrogens (tertiary/aromatic N) is 3. The van der Waals surface area contributed by atoms with Gasteiger partial charge in [-0.3, -0.25) is 14.8 Å². The van der Waals surface area contributed by atoms with Gasteiger partial charge in [0.15, 0.2) is 0 Å². The van der Waals surface area contributed by atoms with Crippen molar-refractivity contribution in [3.8, 4) is 11.3 Å². The summed E-state index contributed by atoms with van der Waals surface area (Å²) in [6.07, 6.45) is 16.4. The number of benzene rings is 2. The standard InChI is InChI=1S/C31H35FN4O.ClH/c32-28-8-1-23(2-9-28)5-12-31(37)35-29-10-3-24(4-11-29)13-18-36-19-14-25-6-7-27(21-26(25)15-20-36)30-22-33-16-17-34-30;/h1-2,5-9,12,16-17,21-22,24,29H,3-4,10-11,13-15,18-20H2,(H,35,37);1H. The summed E-state index contributed by atoms with van der Waals surface area (Å²) in [7, 11) is 0. The summed E-state index contributed by atoms with van der Waals surface area (Å²) in [4.78, 5) is 23.6. The van der Waals surface area contributed by atoms with E-state index in [0.717, 1.165) is 68.1 Å². The van der Waals surface area contributed by atoms with Crippen LogP contribution < -0.4 is 5.32 Å². The van der Waals surface area contributed by atoms with E-state index >= 15 is 0 Å². The van der Waals surface area contributed by atoms with E-state index in [1.54, 1.807) is 36.7 Å². The number of carbonyl (C=O) groups excluding carboxylic acids is 1. The first-order chi connectivity index (χ1) is 18.1. The largest absolute Gasteiger partial charge is 0.350 e. The van der Waals surface area contributed by atoms with Crippen molar-refractivity contribution < 1.29 is 9.18 Å². The molecule has 2 aromatic carbocycles. The van der Waals surface area contributed by atoms with E-state index in [1.807, 2.05) is 6.20 Å². The summed E-state index contributed by atoms with van der Waals surface area (Å²) in [6.45, 7) is 3.36. The number of hydrogen-bond acceptors (Lipinski definition) is 4. The third-order valence-electron chi connectivity index (χ3n) is 7.80. The van der Waals surface area contributed by atoms with Crippen molar-refractivity contribution in [1.82, 2.24) is 20.2 Å². The molecule has 0 spiro atoms. The van der Waals surface area contributed by atoms with Crippen LogP contribution in [-0.4, -0.2) is 46.5 Å². The molecule has 1 aliphatic heterocycles. The van der Waals surface area contributed by atoms with Crippen molar-refractivity contribution in [3.63, 3.8) is 0 Å². The molecule has 2 heterocycles. The van der Waals surface area contributed by atoms with Gasteiger partial charge in [-0.25, -0.2) is 4.39 Å². The van der Waals surface area contributed by atoms with Crippen LogP contribution in [-0.2, 0) is 17.6 Å². The smallest absolute Gasteiger partial charge is 0.244 e. The van der Waals surface area contributed by atoms with E-state index in [-0.39, 0.29) is 30.2 Å². The van der Waals surface area contributed by atoms with E-state index in [2.05, 4.69) is 38.4 Å². The molecule has 7 heteroatoms. The fraction of sp³-hybridized carbons (Fsp3) is 0.387. The lowest BCUT2D eigenvalue weighted by molar-refractivity contribution is -0.117. The van der Waals surface area contributed by atoms with Gasteiger partial charge in [0, 0.05) is 43.2 Å². The van der Waals surface area contributed by atoms with Crippen LogP contribution in [0.25, 0.3) is 17.3 Å². The summed E-state index contributed by atoms with van der Waals surface area (Å²) < 4.78 is 13.0. The summed E-state index contributed by atoms with van der Waals surface area (Å²) in [5.74, 6) is 0.392. The van der Waals surface area contributed by atoms with Gasteiger partial charge >= 0.3 is 0 Å². The van der Waals surface area contributed by atoms with Crippen LogP contribution in [0.15, 0.2) is 67.1 Å². The van der Waals surface area contributed by atoms with E-state index in [4.69, 9.17) is 0 Å². The molecule has 1 fully saturated rings. The van der Waals surface area contributed by atoms with Crippen molar-refractivity contribution in [3.05, 3.63) is 89.6 Å². The van der Waals surface area contributed by atoms with E-state index in [9.17, 15) is 9.18 Å². The van der Waals surface area contributed by atoms with E-state index in [1.165, 1.54) is 42.5 Å². The fourth-order valence-electron chi connectivity index (χ4n) is 5.56. The fourth-order valence-corrected chi connectivity index (χ4v) is 5.56. The maximum absolute atomic E-state index is 13.0. The van der Waals surface area contributed by atoms with Gasteiger partial charge in [0.05, 0.1) is 11.9 Å². The number of rotatable bonds is 7. The molecule has 38 heavy (non-hydrogen) atoms.